The largest absolute Gasteiger partial charge is 0.396 e. The smallest absolute Gasteiger partial charge is 0.0442 e. The van der Waals surface area contributed by atoms with Crippen LogP contribution in [0.4, 0.5) is 0 Å². The zero-order valence-corrected chi connectivity index (χ0v) is 5.22. The molecule has 0 bridgehead atoms. The Hall–Kier alpha value is -0.480. The predicted molar refractivity (Wildman–Crippen MR) is 34.3 cm³/mol. The van der Waals surface area contributed by atoms with Crippen molar-refractivity contribution >= 4 is 0 Å². The maximum Gasteiger partial charge on any atom is 0.0442 e. The molecule has 0 spiro atoms. The number of hydrogen-bond donors (Lipinski definition) is 1. The molecule has 0 aromatic heterocycles. The first-order valence-corrected chi connectivity index (χ1v) is 2.92. The summed E-state index contributed by atoms with van der Waals surface area (Å²) in [6, 6.07) is 0. The molecule has 1 N–H and O–H groups in total. The van der Waals surface area contributed by atoms with Gasteiger partial charge in [0.25, 0.3) is 0 Å². The Bertz CT molecular complexity index is 80.9. The Kier molecular flexibility index (Phi) is 4.39. The van der Waals surface area contributed by atoms with E-state index in [1.54, 1.807) is 0 Å². The summed E-state index contributed by atoms with van der Waals surface area (Å²) >= 11 is 0. The molecule has 8 heavy (non-hydrogen) atoms. The van der Waals surface area contributed by atoms with Gasteiger partial charge in [0.1, 0.15) is 0 Å². The molecule has 0 aromatic carbocycles. The number of terminal acetylenes is 1. The highest BCUT2D eigenvalue weighted by Crippen LogP contribution is 2.03. The molecule has 0 radical (unpaired) electrons. The zero-order valence-electron chi connectivity index (χ0n) is 5.22. The van der Waals surface area contributed by atoms with Crippen molar-refractivity contribution in [1.29, 1.82) is 0 Å². The average molecular weight is 112 g/mol. The van der Waals surface area contributed by atoms with E-state index in [1.165, 1.54) is 0 Å². The van der Waals surface area contributed by atoms with Gasteiger partial charge in [-0.1, -0.05) is 6.92 Å². The Balaban J connectivity index is 3.26. The Morgan fingerprint density at radius 1 is 1.75 bits per heavy atom. The molecular formula is C7H12O. The van der Waals surface area contributed by atoms with Crippen LogP contribution in [0.15, 0.2) is 0 Å². The van der Waals surface area contributed by atoms with Crippen molar-refractivity contribution in [2.75, 3.05) is 6.61 Å². The van der Waals surface area contributed by atoms with E-state index in [4.69, 9.17) is 11.5 Å². The molecule has 1 nitrogen and oxygen atoms in total. The number of rotatable bonds is 3. The maximum atomic E-state index is 8.40. The molecule has 0 aliphatic heterocycles. The van der Waals surface area contributed by atoms with Crippen molar-refractivity contribution in [2.24, 2.45) is 5.92 Å². The van der Waals surface area contributed by atoms with E-state index >= 15 is 0 Å². The third kappa shape index (κ3) is 2.65. The first-order chi connectivity index (χ1) is 3.85. The minimum absolute atomic E-state index is 0.211. The minimum atomic E-state index is 0.211. The molecule has 0 heterocycles. The summed E-state index contributed by atoms with van der Waals surface area (Å²) in [6.45, 7) is 2.24. The van der Waals surface area contributed by atoms with Crippen molar-refractivity contribution in [2.45, 2.75) is 19.8 Å². The highest BCUT2D eigenvalue weighted by atomic mass is 16.2. The summed E-state index contributed by atoms with van der Waals surface area (Å²) in [7, 11) is 0. The lowest BCUT2D eigenvalue weighted by Gasteiger charge is -2.01. The summed E-state index contributed by atoms with van der Waals surface area (Å²) in [5, 5.41) is 8.40. The monoisotopic (exact) mass is 112 g/mol. The van der Waals surface area contributed by atoms with Crippen LogP contribution in [0.3, 0.4) is 0 Å². The quantitative estimate of drug-likeness (QED) is 0.540. The van der Waals surface area contributed by atoms with Gasteiger partial charge in [0.05, 0.1) is 0 Å². The standard InChI is InChI=1S/C7H12O/c1-3-7(4-2)5-6-8/h1,7-8H,4-6H2,2H3. The van der Waals surface area contributed by atoms with Crippen molar-refractivity contribution in [1.82, 2.24) is 0 Å². The van der Waals surface area contributed by atoms with E-state index < -0.39 is 0 Å². The molecule has 0 aliphatic carbocycles. The van der Waals surface area contributed by atoms with E-state index in [0.717, 1.165) is 12.8 Å². The fourth-order valence-electron chi connectivity index (χ4n) is 0.561. The second kappa shape index (κ2) is 4.67. The van der Waals surface area contributed by atoms with Gasteiger partial charge in [-0.2, -0.15) is 0 Å². The molecule has 1 heteroatoms. The molecule has 0 amide bonds. The van der Waals surface area contributed by atoms with Crippen LogP contribution in [0.2, 0.25) is 0 Å². The molecule has 0 saturated heterocycles. The summed E-state index contributed by atoms with van der Waals surface area (Å²) in [5.74, 6) is 2.87. The van der Waals surface area contributed by atoms with E-state index in [-0.39, 0.29) is 12.5 Å². The molecule has 0 aromatic rings. The van der Waals surface area contributed by atoms with Crippen molar-refractivity contribution < 1.29 is 5.11 Å². The first kappa shape index (κ1) is 7.52. The van der Waals surface area contributed by atoms with Gasteiger partial charge >= 0.3 is 0 Å². The Labute approximate surface area is 50.7 Å². The minimum Gasteiger partial charge on any atom is -0.396 e. The third-order valence-electron chi connectivity index (χ3n) is 1.21. The fraction of sp³-hybridized carbons (Fsp3) is 0.714. The van der Waals surface area contributed by atoms with Crippen molar-refractivity contribution in [3.8, 4) is 12.3 Å². The second-order valence-electron chi connectivity index (χ2n) is 1.78. The van der Waals surface area contributed by atoms with Gasteiger partial charge in [0.2, 0.25) is 0 Å². The summed E-state index contributed by atoms with van der Waals surface area (Å²) in [4.78, 5) is 0. The van der Waals surface area contributed by atoms with Gasteiger partial charge < -0.3 is 5.11 Å². The van der Waals surface area contributed by atoms with Crippen LogP contribution in [0.1, 0.15) is 19.8 Å². The van der Waals surface area contributed by atoms with Gasteiger partial charge in [-0.15, -0.1) is 12.3 Å². The van der Waals surface area contributed by atoms with Crippen LogP contribution in [0, 0.1) is 18.3 Å². The lowest BCUT2D eigenvalue weighted by molar-refractivity contribution is 0.270. The van der Waals surface area contributed by atoms with Crippen LogP contribution in [0.5, 0.6) is 0 Å². The SMILES string of the molecule is C#CC(CC)CCO. The van der Waals surface area contributed by atoms with Gasteiger partial charge in [-0.3, -0.25) is 0 Å². The van der Waals surface area contributed by atoms with Crippen LogP contribution >= 0.6 is 0 Å². The fourth-order valence-corrected chi connectivity index (χ4v) is 0.561. The van der Waals surface area contributed by atoms with Gasteiger partial charge in [-0.05, 0) is 12.8 Å². The van der Waals surface area contributed by atoms with Gasteiger partial charge in [-0.25, -0.2) is 0 Å². The average Bonchev–Trinajstić information content (AvgIpc) is 1.83. The molecule has 46 valence electrons. The normalized spacial score (nSPS) is 12.6. The number of aliphatic hydroxyl groups is 1. The molecular weight excluding hydrogens is 100 g/mol. The van der Waals surface area contributed by atoms with E-state index in [0.29, 0.717) is 0 Å². The van der Waals surface area contributed by atoms with Gasteiger partial charge in [0, 0.05) is 12.5 Å². The number of aliphatic hydroxyl groups excluding tert-OH is 1. The Morgan fingerprint density at radius 2 is 2.38 bits per heavy atom. The highest BCUT2D eigenvalue weighted by molar-refractivity contribution is 4.91. The van der Waals surface area contributed by atoms with E-state index in [9.17, 15) is 0 Å². The lowest BCUT2D eigenvalue weighted by atomic mass is 10.1. The molecule has 1 unspecified atom stereocenters. The topological polar surface area (TPSA) is 20.2 Å². The second-order valence-corrected chi connectivity index (χ2v) is 1.78. The first-order valence-electron chi connectivity index (χ1n) is 2.92. The van der Waals surface area contributed by atoms with Crippen LogP contribution in [-0.4, -0.2) is 11.7 Å². The highest BCUT2D eigenvalue weighted by Gasteiger charge is 1.97. The zero-order chi connectivity index (χ0) is 6.41. The molecule has 0 saturated carbocycles. The Morgan fingerprint density at radius 3 is 2.50 bits per heavy atom. The summed E-state index contributed by atoms with van der Waals surface area (Å²) in [6.07, 6.45) is 6.82. The summed E-state index contributed by atoms with van der Waals surface area (Å²) in [5.41, 5.74) is 0. The van der Waals surface area contributed by atoms with Crippen LogP contribution in [-0.2, 0) is 0 Å². The maximum absolute atomic E-state index is 8.40. The molecule has 0 aliphatic rings. The lowest BCUT2D eigenvalue weighted by Crippen LogP contribution is -1.96. The van der Waals surface area contributed by atoms with Crippen molar-refractivity contribution in [3.63, 3.8) is 0 Å². The van der Waals surface area contributed by atoms with Crippen LogP contribution in [0.25, 0.3) is 0 Å². The van der Waals surface area contributed by atoms with E-state index in [2.05, 4.69) is 5.92 Å². The molecule has 0 fully saturated rings. The van der Waals surface area contributed by atoms with Crippen molar-refractivity contribution in [3.05, 3.63) is 0 Å². The van der Waals surface area contributed by atoms with Gasteiger partial charge in [0.15, 0.2) is 0 Å². The molecule has 0 rings (SSSR count). The third-order valence-corrected chi connectivity index (χ3v) is 1.21. The number of hydrogen-bond acceptors (Lipinski definition) is 1. The predicted octanol–water partition coefficient (Wildman–Crippen LogP) is 1.03. The van der Waals surface area contributed by atoms with E-state index in [1.807, 2.05) is 6.92 Å². The summed E-state index contributed by atoms with van der Waals surface area (Å²) < 4.78 is 0. The van der Waals surface area contributed by atoms with Crippen LogP contribution < -0.4 is 0 Å². The molecule has 1 atom stereocenters.